The molecule has 1 atom stereocenters. The number of piperazine rings is 1. The molecule has 0 bridgehead atoms. The summed E-state index contributed by atoms with van der Waals surface area (Å²) in [5.74, 6) is -0.430. The topological polar surface area (TPSA) is 73.9 Å². The normalized spacial score (nSPS) is 19.0. The van der Waals surface area contributed by atoms with Gasteiger partial charge in [-0.05, 0) is 48.6 Å². The summed E-state index contributed by atoms with van der Waals surface area (Å²) in [4.78, 5) is 30.1. The molecule has 0 saturated carbocycles. The summed E-state index contributed by atoms with van der Waals surface area (Å²) in [6.45, 7) is 10.3. The predicted molar refractivity (Wildman–Crippen MR) is 134 cm³/mol. The van der Waals surface area contributed by atoms with Gasteiger partial charge in [0.1, 0.15) is 0 Å². The van der Waals surface area contributed by atoms with Crippen molar-refractivity contribution in [2.24, 2.45) is 0 Å². The monoisotopic (exact) mass is 462 g/mol. The van der Waals surface area contributed by atoms with Crippen LogP contribution in [0.5, 0.6) is 0 Å². The number of urea groups is 1. The van der Waals surface area contributed by atoms with Crippen LogP contribution in [0.25, 0.3) is 0 Å². The Morgan fingerprint density at radius 3 is 2.41 bits per heavy atom. The Labute approximate surface area is 201 Å². The lowest BCUT2D eigenvalue weighted by molar-refractivity contribution is -0.136. The Balaban J connectivity index is 1.54. The second kappa shape index (κ2) is 10.3. The number of methoxy groups -OCH3 is 1. The molecule has 2 amide bonds. The first-order valence-electron chi connectivity index (χ1n) is 11.9. The molecular formula is C27H34N4O3. The molecule has 7 nitrogen and oxygen atoms in total. The number of carbonyl (C=O) groups excluding carboxylic acids is 2. The highest BCUT2D eigenvalue weighted by atomic mass is 16.5. The van der Waals surface area contributed by atoms with E-state index >= 15 is 0 Å². The second-order valence-electron chi connectivity index (χ2n) is 8.99. The number of amides is 2. The molecular weight excluding hydrogens is 428 g/mol. The van der Waals surface area contributed by atoms with Gasteiger partial charge in [0, 0.05) is 44.1 Å². The van der Waals surface area contributed by atoms with Gasteiger partial charge < -0.3 is 20.3 Å². The predicted octanol–water partition coefficient (Wildman–Crippen LogP) is 3.47. The third-order valence-corrected chi connectivity index (χ3v) is 6.95. The van der Waals surface area contributed by atoms with Gasteiger partial charge in [-0.25, -0.2) is 9.59 Å². The van der Waals surface area contributed by atoms with E-state index in [-0.39, 0.29) is 6.03 Å². The van der Waals surface area contributed by atoms with Crippen LogP contribution in [0.15, 0.2) is 53.7 Å². The van der Waals surface area contributed by atoms with Gasteiger partial charge >= 0.3 is 12.0 Å². The van der Waals surface area contributed by atoms with Crippen molar-refractivity contribution in [3.8, 4) is 0 Å². The van der Waals surface area contributed by atoms with Crippen LogP contribution in [0.4, 0.5) is 10.5 Å². The van der Waals surface area contributed by atoms with E-state index in [1.807, 2.05) is 24.3 Å². The van der Waals surface area contributed by atoms with E-state index in [1.54, 1.807) is 0 Å². The number of hydrogen-bond donors (Lipinski definition) is 2. The molecule has 4 rings (SSSR count). The van der Waals surface area contributed by atoms with E-state index in [1.165, 1.54) is 29.5 Å². The van der Waals surface area contributed by atoms with Gasteiger partial charge in [0.2, 0.25) is 0 Å². The van der Waals surface area contributed by atoms with Crippen molar-refractivity contribution in [2.75, 3.05) is 44.7 Å². The molecule has 2 aromatic carbocycles. The molecule has 180 valence electrons. The van der Waals surface area contributed by atoms with E-state index in [9.17, 15) is 9.59 Å². The van der Waals surface area contributed by atoms with Crippen molar-refractivity contribution in [3.05, 3.63) is 76.0 Å². The maximum Gasteiger partial charge on any atom is 0.338 e. The molecule has 0 aliphatic carbocycles. The minimum absolute atomic E-state index is 0.304. The molecule has 0 aromatic heterocycles. The maximum absolute atomic E-state index is 12.8. The first-order valence-corrected chi connectivity index (χ1v) is 11.9. The van der Waals surface area contributed by atoms with Crippen LogP contribution < -0.4 is 15.5 Å². The molecule has 2 aromatic rings. The fourth-order valence-corrected chi connectivity index (χ4v) is 4.74. The van der Waals surface area contributed by atoms with Crippen LogP contribution >= 0.6 is 0 Å². The first kappa shape index (κ1) is 23.8. The molecule has 7 heteroatoms. The number of hydrogen-bond acceptors (Lipinski definition) is 5. The lowest BCUT2D eigenvalue weighted by Crippen LogP contribution is -2.51. The minimum Gasteiger partial charge on any atom is -0.466 e. The van der Waals surface area contributed by atoms with Crippen molar-refractivity contribution in [1.82, 2.24) is 15.5 Å². The lowest BCUT2D eigenvalue weighted by atomic mass is 9.94. The largest absolute Gasteiger partial charge is 0.466 e. The SMILES string of the molecule is CCc1ccc([C@H]2NC(=O)NC(CN3CCN(c4cccc(C)c4C)CC3)=C2C(=O)OC)cc1. The zero-order valence-corrected chi connectivity index (χ0v) is 20.5. The summed E-state index contributed by atoms with van der Waals surface area (Å²) >= 11 is 0. The van der Waals surface area contributed by atoms with Crippen LogP contribution in [0.3, 0.4) is 0 Å². The summed E-state index contributed by atoms with van der Waals surface area (Å²) < 4.78 is 5.13. The third kappa shape index (κ3) is 4.94. The van der Waals surface area contributed by atoms with Gasteiger partial charge in [0.05, 0.1) is 18.7 Å². The number of nitrogens with zero attached hydrogens (tertiary/aromatic N) is 2. The number of carbonyl (C=O) groups is 2. The lowest BCUT2D eigenvalue weighted by Gasteiger charge is -2.38. The third-order valence-electron chi connectivity index (χ3n) is 6.95. The van der Waals surface area contributed by atoms with Gasteiger partial charge in [-0.1, -0.05) is 43.3 Å². The Bertz CT molecular complexity index is 1090. The summed E-state index contributed by atoms with van der Waals surface area (Å²) in [5.41, 5.74) is 7.03. The molecule has 34 heavy (non-hydrogen) atoms. The maximum atomic E-state index is 12.8. The van der Waals surface area contributed by atoms with Gasteiger partial charge in [-0.15, -0.1) is 0 Å². The fraction of sp³-hybridized carbons (Fsp3) is 0.407. The van der Waals surface area contributed by atoms with Crippen molar-refractivity contribution >= 4 is 17.7 Å². The zero-order valence-electron chi connectivity index (χ0n) is 20.5. The molecule has 0 unspecified atom stereocenters. The van der Waals surface area contributed by atoms with Crippen LogP contribution in [0.2, 0.25) is 0 Å². The van der Waals surface area contributed by atoms with Gasteiger partial charge in [0.25, 0.3) is 0 Å². The van der Waals surface area contributed by atoms with Crippen LogP contribution in [-0.4, -0.2) is 56.7 Å². The highest BCUT2D eigenvalue weighted by Crippen LogP contribution is 2.29. The molecule has 2 aliphatic heterocycles. The number of anilines is 1. The second-order valence-corrected chi connectivity index (χ2v) is 8.99. The molecule has 2 aliphatic rings. The Kier molecular flexibility index (Phi) is 7.22. The molecule has 0 spiro atoms. The van der Waals surface area contributed by atoms with E-state index in [4.69, 9.17) is 4.74 Å². The van der Waals surface area contributed by atoms with E-state index in [0.717, 1.165) is 38.2 Å². The first-order chi connectivity index (χ1) is 16.4. The average molecular weight is 463 g/mol. The quantitative estimate of drug-likeness (QED) is 0.643. The van der Waals surface area contributed by atoms with E-state index in [0.29, 0.717) is 17.8 Å². The average Bonchev–Trinajstić information content (AvgIpc) is 2.85. The number of esters is 1. The van der Waals surface area contributed by atoms with E-state index in [2.05, 4.69) is 59.4 Å². The number of aryl methyl sites for hydroxylation is 2. The van der Waals surface area contributed by atoms with Crippen molar-refractivity contribution < 1.29 is 14.3 Å². The molecule has 2 N–H and O–H groups in total. The number of ether oxygens (including phenoxy) is 1. The Hall–Kier alpha value is -3.32. The molecule has 2 heterocycles. The summed E-state index contributed by atoms with van der Waals surface area (Å²) in [6, 6.07) is 13.6. The van der Waals surface area contributed by atoms with Crippen molar-refractivity contribution in [3.63, 3.8) is 0 Å². The van der Waals surface area contributed by atoms with Crippen LogP contribution in [-0.2, 0) is 16.0 Å². The van der Waals surface area contributed by atoms with Gasteiger partial charge in [-0.2, -0.15) is 0 Å². The Morgan fingerprint density at radius 2 is 1.76 bits per heavy atom. The summed E-state index contributed by atoms with van der Waals surface area (Å²) in [5, 5.41) is 5.79. The zero-order chi connectivity index (χ0) is 24.2. The number of rotatable bonds is 6. The van der Waals surface area contributed by atoms with Crippen molar-refractivity contribution in [2.45, 2.75) is 33.2 Å². The highest BCUT2D eigenvalue weighted by Gasteiger charge is 2.34. The number of benzene rings is 2. The minimum atomic E-state index is -0.543. The summed E-state index contributed by atoms with van der Waals surface area (Å²) in [7, 11) is 1.38. The smallest absolute Gasteiger partial charge is 0.338 e. The van der Waals surface area contributed by atoms with Gasteiger partial charge in [-0.3, -0.25) is 4.90 Å². The highest BCUT2D eigenvalue weighted by molar-refractivity contribution is 5.95. The Morgan fingerprint density at radius 1 is 1.06 bits per heavy atom. The fourth-order valence-electron chi connectivity index (χ4n) is 4.74. The van der Waals surface area contributed by atoms with Crippen LogP contribution in [0, 0.1) is 13.8 Å². The van der Waals surface area contributed by atoms with E-state index < -0.39 is 12.0 Å². The molecule has 1 saturated heterocycles. The standard InChI is InChI=1S/C27H34N4O3/c1-5-20-9-11-21(12-10-20)25-24(26(32)34-4)22(28-27(33)29-25)17-30-13-15-31(16-14-30)23-8-6-7-18(2)19(23)3/h6-12,25H,5,13-17H2,1-4H3,(H2,28,29,33)/t25-/m1/s1. The molecule has 1 fully saturated rings. The van der Waals surface area contributed by atoms with Gasteiger partial charge in [0.15, 0.2) is 0 Å². The van der Waals surface area contributed by atoms with Crippen LogP contribution in [0.1, 0.15) is 35.2 Å². The summed E-state index contributed by atoms with van der Waals surface area (Å²) in [6.07, 6.45) is 0.928. The van der Waals surface area contributed by atoms with Crippen molar-refractivity contribution in [1.29, 1.82) is 0 Å². The number of nitrogens with one attached hydrogen (secondary N) is 2. The molecule has 0 radical (unpaired) electrons.